The van der Waals surface area contributed by atoms with Crippen molar-refractivity contribution < 1.29 is 9.53 Å². The van der Waals surface area contributed by atoms with E-state index in [1.165, 1.54) is 12.8 Å². The second-order valence-corrected chi connectivity index (χ2v) is 6.71. The Morgan fingerprint density at radius 3 is 2.65 bits per heavy atom. The van der Waals surface area contributed by atoms with Gasteiger partial charge in [-0.05, 0) is 38.3 Å². The van der Waals surface area contributed by atoms with Gasteiger partial charge >= 0.3 is 0 Å². The Morgan fingerprint density at radius 1 is 1.26 bits per heavy atom. The van der Waals surface area contributed by atoms with Crippen molar-refractivity contribution in [1.29, 1.82) is 0 Å². The maximum Gasteiger partial charge on any atom is 0.222 e. The first-order valence-corrected chi connectivity index (χ1v) is 8.76. The van der Waals surface area contributed by atoms with E-state index in [4.69, 9.17) is 4.74 Å². The van der Waals surface area contributed by atoms with Gasteiger partial charge in [-0.25, -0.2) is 4.98 Å². The normalized spacial score (nSPS) is 20.8. The fraction of sp³-hybridized carbons (Fsp3) is 0.765. The average molecular weight is 320 g/mol. The monoisotopic (exact) mass is 320 g/mol. The Kier molecular flexibility index (Phi) is 5.67. The van der Waals surface area contributed by atoms with E-state index in [1.807, 2.05) is 24.3 Å². The lowest BCUT2D eigenvalue weighted by Crippen LogP contribution is -2.41. The molecule has 0 radical (unpaired) electrons. The van der Waals surface area contributed by atoms with Gasteiger partial charge in [0.1, 0.15) is 5.82 Å². The maximum absolute atomic E-state index is 12.2. The fourth-order valence-electron chi connectivity index (χ4n) is 3.48. The molecule has 23 heavy (non-hydrogen) atoms. The Bertz CT molecular complexity index is 502. The van der Waals surface area contributed by atoms with Crippen LogP contribution in [0.1, 0.15) is 31.5 Å². The number of amides is 1. The summed E-state index contributed by atoms with van der Waals surface area (Å²) in [7, 11) is 2.05. The third-order valence-corrected chi connectivity index (χ3v) is 5.12. The Balaban J connectivity index is 1.36. The molecule has 1 amide bonds. The molecule has 6 nitrogen and oxygen atoms in total. The number of aromatic nitrogens is 2. The van der Waals surface area contributed by atoms with Crippen LogP contribution in [-0.4, -0.2) is 64.7 Å². The van der Waals surface area contributed by atoms with Gasteiger partial charge < -0.3 is 14.2 Å². The number of likely N-dealkylation sites (tertiary alicyclic amines) is 1. The molecule has 0 unspecified atom stereocenters. The number of morpholine rings is 1. The Hall–Kier alpha value is -1.40. The standard InChI is InChI=1S/C17H28N4O2/c1-19-9-6-18-16(19)14-20-7-4-15(5-8-20)2-3-17(22)21-10-12-23-13-11-21/h6,9,15H,2-5,7-8,10-14H2,1H3. The summed E-state index contributed by atoms with van der Waals surface area (Å²) in [5.74, 6) is 2.13. The van der Waals surface area contributed by atoms with Crippen molar-refractivity contribution >= 4 is 5.91 Å². The summed E-state index contributed by atoms with van der Waals surface area (Å²) in [6.45, 7) is 6.08. The number of ether oxygens (including phenoxy) is 1. The largest absolute Gasteiger partial charge is 0.378 e. The molecule has 0 aliphatic carbocycles. The molecule has 3 rings (SSSR count). The van der Waals surface area contributed by atoms with Crippen molar-refractivity contribution in [2.24, 2.45) is 13.0 Å². The lowest BCUT2D eigenvalue weighted by atomic mass is 9.92. The van der Waals surface area contributed by atoms with E-state index < -0.39 is 0 Å². The molecule has 0 bridgehead atoms. The summed E-state index contributed by atoms with van der Waals surface area (Å²) in [5, 5.41) is 0. The predicted octanol–water partition coefficient (Wildman–Crippen LogP) is 1.27. The zero-order valence-corrected chi connectivity index (χ0v) is 14.1. The third-order valence-electron chi connectivity index (χ3n) is 5.12. The van der Waals surface area contributed by atoms with Gasteiger partial charge in [-0.2, -0.15) is 0 Å². The number of carbonyl (C=O) groups excluding carboxylic acids is 1. The molecule has 2 saturated heterocycles. The first-order valence-electron chi connectivity index (χ1n) is 8.76. The highest BCUT2D eigenvalue weighted by Gasteiger charge is 2.22. The van der Waals surface area contributed by atoms with Crippen molar-refractivity contribution in [1.82, 2.24) is 19.4 Å². The predicted molar refractivity (Wildman–Crippen MR) is 87.8 cm³/mol. The molecule has 2 aliphatic rings. The summed E-state index contributed by atoms with van der Waals surface area (Å²) < 4.78 is 7.39. The number of hydrogen-bond donors (Lipinski definition) is 0. The van der Waals surface area contributed by atoms with Gasteiger partial charge in [0.2, 0.25) is 5.91 Å². The summed E-state index contributed by atoms with van der Waals surface area (Å²) in [6.07, 6.45) is 7.98. The first kappa shape index (κ1) is 16.5. The highest BCUT2D eigenvalue weighted by atomic mass is 16.5. The molecule has 1 aromatic rings. The number of aryl methyl sites for hydroxylation is 1. The summed E-state index contributed by atoms with van der Waals surface area (Å²) in [6, 6.07) is 0. The van der Waals surface area contributed by atoms with Crippen LogP contribution in [0.3, 0.4) is 0 Å². The number of carbonyl (C=O) groups is 1. The molecule has 3 heterocycles. The minimum absolute atomic E-state index is 0.309. The lowest BCUT2D eigenvalue weighted by molar-refractivity contribution is -0.135. The van der Waals surface area contributed by atoms with Crippen LogP contribution in [0.4, 0.5) is 0 Å². The van der Waals surface area contributed by atoms with Crippen molar-refractivity contribution in [3.8, 4) is 0 Å². The van der Waals surface area contributed by atoms with Gasteiger partial charge in [0.15, 0.2) is 0 Å². The van der Waals surface area contributed by atoms with E-state index in [9.17, 15) is 4.79 Å². The molecule has 2 fully saturated rings. The number of hydrogen-bond acceptors (Lipinski definition) is 4. The van der Waals surface area contributed by atoms with Crippen molar-refractivity contribution in [3.63, 3.8) is 0 Å². The molecule has 0 spiro atoms. The molecular weight excluding hydrogens is 292 g/mol. The van der Waals surface area contributed by atoms with Gasteiger partial charge in [-0.1, -0.05) is 0 Å². The molecule has 1 aromatic heterocycles. The van der Waals surface area contributed by atoms with Gasteiger partial charge in [-0.3, -0.25) is 9.69 Å². The number of piperidine rings is 1. The third kappa shape index (κ3) is 4.54. The maximum atomic E-state index is 12.2. The number of nitrogens with zero attached hydrogens (tertiary/aromatic N) is 4. The minimum atomic E-state index is 0.309. The van der Waals surface area contributed by atoms with Crippen LogP contribution >= 0.6 is 0 Å². The highest BCUT2D eigenvalue weighted by Crippen LogP contribution is 2.23. The van der Waals surface area contributed by atoms with Crippen molar-refractivity contribution in [3.05, 3.63) is 18.2 Å². The van der Waals surface area contributed by atoms with E-state index in [0.717, 1.165) is 45.0 Å². The molecule has 6 heteroatoms. The Labute approximate surface area is 138 Å². The summed E-state index contributed by atoms with van der Waals surface area (Å²) in [5.41, 5.74) is 0. The quantitative estimate of drug-likeness (QED) is 0.820. The van der Waals surface area contributed by atoms with Crippen LogP contribution in [0.15, 0.2) is 12.4 Å². The number of rotatable bonds is 5. The fourth-order valence-corrected chi connectivity index (χ4v) is 3.48. The summed E-state index contributed by atoms with van der Waals surface area (Å²) in [4.78, 5) is 21.0. The van der Waals surface area contributed by atoms with Gasteiger partial charge in [-0.15, -0.1) is 0 Å². The van der Waals surface area contributed by atoms with E-state index in [-0.39, 0.29) is 0 Å². The van der Waals surface area contributed by atoms with Crippen LogP contribution in [0, 0.1) is 5.92 Å². The zero-order valence-electron chi connectivity index (χ0n) is 14.1. The van der Waals surface area contributed by atoms with Crippen molar-refractivity contribution in [2.45, 2.75) is 32.2 Å². The van der Waals surface area contributed by atoms with Crippen LogP contribution in [0.25, 0.3) is 0 Å². The minimum Gasteiger partial charge on any atom is -0.378 e. The number of imidazole rings is 1. The Morgan fingerprint density at radius 2 is 2.00 bits per heavy atom. The second-order valence-electron chi connectivity index (χ2n) is 6.71. The topological polar surface area (TPSA) is 50.6 Å². The van der Waals surface area contributed by atoms with Crippen LogP contribution in [-0.2, 0) is 23.1 Å². The molecule has 0 atom stereocenters. The smallest absolute Gasteiger partial charge is 0.222 e. The van der Waals surface area contributed by atoms with E-state index in [1.54, 1.807) is 0 Å². The molecule has 0 aromatic carbocycles. The van der Waals surface area contributed by atoms with Gasteiger partial charge in [0.25, 0.3) is 0 Å². The summed E-state index contributed by atoms with van der Waals surface area (Å²) >= 11 is 0. The second kappa shape index (κ2) is 7.93. The SMILES string of the molecule is Cn1ccnc1CN1CCC(CCC(=O)N2CCOCC2)CC1. The van der Waals surface area contributed by atoms with Gasteiger partial charge in [0, 0.05) is 39.0 Å². The van der Waals surface area contributed by atoms with Crippen LogP contribution in [0.5, 0.6) is 0 Å². The molecule has 0 N–H and O–H groups in total. The lowest BCUT2D eigenvalue weighted by Gasteiger charge is -2.32. The van der Waals surface area contributed by atoms with E-state index in [2.05, 4.69) is 14.5 Å². The molecule has 2 aliphatic heterocycles. The molecule has 0 saturated carbocycles. The molecular formula is C17H28N4O2. The van der Waals surface area contributed by atoms with Crippen LogP contribution < -0.4 is 0 Å². The highest BCUT2D eigenvalue weighted by molar-refractivity contribution is 5.76. The van der Waals surface area contributed by atoms with E-state index >= 15 is 0 Å². The zero-order chi connectivity index (χ0) is 16.1. The van der Waals surface area contributed by atoms with Gasteiger partial charge in [0.05, 0.1) is 19.8 Å². The van der Waals surface area contributed by atoms with E-state index in [0.29, 0.717) is 31.5 Å². The van der Waals surface area contributed by atoms with Crippen LogP contribution in [0.2, 0.25) is 0 Å². The molecule has 128 valence electrons. The first-order chi connectivity index (χ1) is 11.2. The average Bonchev–Trinajstić information content (AvgIpc) is 2.99. The van der Waals surface area contributed by atoms with Crippen molar-refractivity contribution in [2.75, 3.05) is 39.4 Å².